The van der Waals surface area contributed by atoms with Gasteiger partial charge in [-0.15, -0.1) is 0 Å². The zero-order valence-corrected chi connectivity index (χ0v) is 10.1. The zero-order valence-electron chi connectivity index (χ0n) is 9.33. The van der Waals surface area contributed by atoms with Gasteiger partial charge in [0, 0.05) is 0 Å². The number of rotatable bonds is 1. The summed E-state index contributed by atoms with van der Waals surface area (Å²) < 4.78 is 1.92. The minimum atomic E-state index is 0.451. The Hall–Kier alpha value is -0.700. The maximum absolute atomic E-state index is 6.04. The predicted molar refractivity (Wildman–Crippen MR) is 63.1 cm³/mol. The van der Waals surface area contributed by atoms with E-state index in [-0.39, 0.29) is 0 Å². The molecule has 84 valence electrons. The van der Waals surface area contributed by atoms with Gasteiger partial charge in [-0.05, 0) is 38.5 Å². The predicted octanol–water partition coefficient (Wildman–Crippen LogP) is 3.18. The van der Waals surface area contributed by atoms with Crippen LogP contribution >= 0.6 is 11.6 Å². The lowest BCUT2D eigenvalue weighted by atomic mass is 9.87. The number of nitrogens with two attached hydrogens (primary N) is 1. The Morgan fingerprint density at radius 2 is 1.93 bits per heavy atom. The van der Waals surface area contributed by atoms with Gasteiger partial charge in [0.25, 0.3) is 0 Å². The quantitative estimate of drug-likeness (QED) is 0.801. The lowest BCUT2D eigenvalue weighted by molar-refractivity contribution is 0.276. The van der Waals surface area contributed by atoms with Crippen LogP contribution in [0.4, 0.5) is 5.82 Å². The first-order valence-corrected chi connectivity index (χ1v) is 5.97. The van der Waals surface area contributed by atoms with Crippen LogP contribution in [0.1, 0.15) is 44.3 Å². The number of anilines is 1. The van der Waals surface area contributed by atoms with Gasteiger partial charge in [-0.2, -0.15) is 5.10 Å². The third kappa shape index (κ3) is 1.98. The van der Waals surface area contributed by atoms with Gasteiger partial charge < -0.3 is 5.73 Å². The average Bonchev–Trinajstić information content (AvgIpc) is 2.47. The van der Waals surface area contributed by atoms with Crippen LogP contribution < -0.4 is 5.73 Å². The summed E-state index contributed by atoms with van der Waals surface area (Å²) in [5.74, 6) is 1.48. The summed E-state index contributed by atoms with van der Waals surface area (Å²) in [6.45, 7) is 4.21. The topological polar surface area (TPSA) is 43.8 Å². The van der Waals surface area contributed by atoms with Crippen molar-refractivity contribution in [3.63, 3.8) is 0 Å². The van der Waals surface area contributed by atoms with Crippen molar-refractivity contribution in [1.82, 2.24) is 9.78 Å². The molecule has 0 amide bonds. The molecule has 4 heteroatoms. The maximum Gasteiger partial charge on any atom is 0.141 e. The molecule has 0 bridgehead atoms. The Morgan fingerprint density at radius 3 is 2.40 bits per heavy atom. The minimum absolute atomic E-state index is 0.451. The summed E-state index contributed by atoms with van der Waals surface area (Å²) in [5, 5.41) is 5.04. The van der Waals surface area contributed by atoms with Crippen molar-refractivity contribution in [3.05, 3.63) is 10.7 Å². The van der Waals surface area contributed by atoms with Crippen molar-refractivity contribution >= 4 is 17.4 Å². The number of halogens is 1. The van der Waals surface area contributed by atoms with E-state index < -0.39 is 0 Å². The Bertz CT molecular complexity index is 351. The van der Waals surface area contributed by atoms with Gasteiger partial charge in [0.05, 0.1) is 11.7 Å². The first-order valence-electron chi connectivity index (χ1n) is 5.59. The van der Waals surface area contributed by atoms with Crippen LogP contribution in [-0.2, 0) is 0 Å². The normalized spacial score (nSPS) is 26.9. The second-order valence-corrected chi connectivity index (χ2v) is 5.02. The molecule has 1 aromatic rings. The van der Waals surface area contributed by atoms with Gasteiger partial charge in [-0.25, -0.2) is 4.68 Å². The standard InChI is InChI=1S/C11H18ClN3/c1-7-3-5-9(6-4-7)15-11(13)10(12)8(2)14-15/h7,9H,3-6,13H2,1-2H3. The van der Waals surface area contributed by atoms with Crippen LogP contribution in [0.3, 0.4) is 0 Å². The highest BCUT2D eigenvalue weighted by molar-refractivity contribution is 6.33. The Morgan fingerprint density at radius 1 is 1.33 bits per heavy atom. The lowest BCUT2D eigenvalue weighted by Crippen LogP contribution is -2.19. The molecule has 0 aliphatic heterocycles. The van der Waals surface area contributed by atoms with Crippen molar-refractivity contribution in [2.24, 2.45) is 5.92 Å². The van der Waals surface area contributed by atoms with Crippen LogP contribution in [0, 0.1) is 12.8 Å². The highest BCUT2D eigenvalue weighted by Gasteiger charge is 2.23. The van der Waals surface area contributed by atoms with Crippen LogP contribution in [-0.4, -0.2) is 9.78 Å². The van der Waals surface area contributed by atoms with E-state index in [4.69, 9.17) is 17.3 Å². The summed E-state index contributed by atoms with van der Waals surface area (Å²) in [5.41, 5.74) is 6.78. The van der Waals surface area contributed by atoms with E-state index in [1.807, 2.05) is 11.6 Å². The summed E-state index contributed by atoms with van der Waals surface area (Å²) in [6, 6.07) is 0.451. The van der Waals surface area contributed by atoms with Crippen LogP contribution in [0.2, 0.25) is 5.02 Å². The second kappa shape index (κ2) is 4.05. The van der Waals surface area contributed by atoms with Gasteiger partial charge >= 0.3 is 0 Å². The summed E-state index contributed by atoms with van der Waals surface area (Å²) in [4.78, 5) is 0. The minimum Gasteiger partial charge on any atom is -0.383 e. The molecule has 1 aromatic heterocycles. The molecule has 1 saturated carbocycles. The molecule has 1 heterocycles. The maximum atomic E-state index is 6.04. The molecule has 0 atom stereocenters. The zero-order chi connectivity index (χ0) is 11.0. The summed E-state index contributed by atoms with van der Waals surface area (Å²) in [6.07, 6.45) is 4.87. The van der Waals surface area contributed by atoms with Crippen molar-refractivity contribution in [1.29, 1.82) is 0 Å². The average molecular weight is 228 g/mol. The van der Waals surface area contributed by atoms with Gasteiger partial charge in [-0.1, -0.05) is 18.5 Å². The number of aryl methyl sites for hydroxylation is 1. The monoisotopic (exact) mass is 227 g/mol. The molecule has 1 aliphatic rings. The molecule has 0 aromatic carbocycles. The van der Waals surface area contributed by atoms with Crippen molar-refractivity contribution in [2.75, 3.05) is 5.73 Å². The Kier molecular flexibility index (Phi) is 2.91. The van der Waals surface area contributed by atoms with Gasteiger partial charge in [0.15, 0.2) is 0 Å². The molecule has 0 unspecified atom stereocenters. The number of hydrogen-bond acceptors (Lipinski definition) is 2. The molecule has 0 radical (unpaired) electrons. The van der Waals surface area contributed by atoms with Crippen LogP contribution in [0.15, 0.2) is 0 Å². The van der Waals surface area contributed by atoms with Crippen LogP contribution in [0.5, 0.6) is 0 Å². The molecular weight excluding hydrogens is 210 g/mol. The smallest absolute Gasteiger partial charge is 0.141 e. The third-order valence-corrected chi connectivity index (χ3v) is 3.85. The largest absolute Gasteiger partial charge is 0.383 e. The summed E-state index contributed by atoms with van der Waals surface area (Å²) in [7, 11) is 0. The summed E-state index contributed by atoms with van der Waals surface area (Å²) >= 11 is 6.04. The number of hydrogen-bond donors (Lipinski definition) is 1. The van der Waals surface area contributed by atoms with Crippen molar-refractivity contribution in [3.8, 4) is 0 Å². The van der Waals surface area contributed by atoms with E-state index in [0.29, 0.717) is 16.9 Å². The van der Waals surface area contributed by atoms with Gasteiger partial charge in [0.2, 0.25) is 0 Å². The van der Waals surface area contributed by atoms with E-state index in [0.717, 1.165) is 11.6 Å². The molecule has 15 heavy (non-hydrogen) atoms. The van der Waals surface area contributed by atoms with E-state index in [1.54, 1.807) is 0 Å². The Balaban J connectivity index is 2.19. The highest BCUT2D eigenvalue weighted by atomic mass is 35.5. The fourth-order valence-corrected chi connectivity index (χ4v) is 2.44. The van der Waals surface area contributed by atoms with Crippen molar-refractivity contribution < 1.29 is 0 Å². The highest BCUT2D eigenvalue weighted by Crippen LogP contribution is 2.35. The molecule has 0 spiro atoms. The molecule has 1 fully saturated rings. The lowest BCUT2D eigenvalue weighted by Gasteiger charge is -2.26. The second-order valence-electron chi connectivity index (χ2n) is 4.64. The van der Waals surface area contributed by atoms with E-state index in [1.165, 1.54) is 25.7 Å². The van der Waals surface area contributed by atoms with Gasteiger partial charge in [-0.3, -0.25) is 0 Å². The molecule has 3 nitrogen and oxygen atoms in total. The van der Waals surface area contributed by atoms with E-state index >= 15 is 0 Å². The fourth-order valence-electron chi connectivity index (χ4n) is 2.31. The molecular formula is C11H18ClN3. The molecule has 2 N–H and O–H groups in total. The van der Waals surface area contributed by atoms with Crippen molar-refractivity contribution in [2.45, 2.75) is 45.6 Å². The molecule has 1 aliphatic carbocycles. The van der Waals surface area contributed by atoms with E-state index in [2.05, 4.69) is 12.0 Å². The number of nitrogen functional groups attached to an aromatic ring is 1. The third-order valence-electron chi connectivity index (χ3n) is 3.38. The number of nitrogens with zero attached hydrogens (tertiary/aromatic N) is 2. The molecule has 2 rings (SSSR count). The van der Waals surface area contributed by atoms with Gasteiger partial charge in [0.1, 0.15) is 10.8 Å². The first-order chi connectivity index (χ1) is 7.09. The molecule has 0 saturated heterocycles. The fraction of sp³-hybridized carbons (Fsp3) is 0.727. The van der Waals surface area contributed by atoms with Crippen LogP contribution in [0.25, 0.3) is 0 Å². The SMILES string of the molecule is Cc1nn(C2CCC(C)CC2)c(N)c1Cl. The first kappa shape index (κ1) is 10.8. The number of aromatic nitrogens is 2. The Labute approximate surface area is 95.6 Å². The van der Waals surface area contributed by atoms with E-state index in [9.17, 15) is 0 Å².